The van der Waals surface area contributed by atoms with E-state index < -0.39 is 17.6 Å². The molecule has 27 heavy (non-hydrogen) atoms. The number of benzene rings is 2. The summed E-state index contributed by atoms with van der Waals surface area (Å²) >= 11 is 3.05. The van der Waals surface area contributed by atoms with Gasteiger partial charge in [0.2, 0.25) is 0 Å². The molecule has 2 aromatic carbocycles. The number of halogens is 5. The second-order valence-electron chi connectivity index (χ2n) is 5.83. The third-order valence-corrected chi connectivity index (χ3v) is 4.69. The average Bonchev–Trinajstić information content (AvgIpc) is 2.62. The van der Waals surface area contributed by atoms with Gasteiger partial charge in [0.15, 0.2) is 0 Å². The van der Waals surface area contributed by atoms with E-state index in [4.69, 9.17) is 4.84 Å². The van der Waals surface area contributed by atoms with Gasteiger partial charge in [0.05, 0.1) is 23.9 Å². The van der Waals surface area contributed by atoms with E-state index in [1.807, 2.05) is 6.92 Å². The van der Waals surface area contributed by atoms with Gasteiger partial charge in [-0.2, -0.15) is 13.2 Å². The lowest BCUT2D eigenvalue weighted by molar-refractivity contribution is -0.138. The van der Waals surface area contributed by atoms with Crippen molar-refractivity contribution in [2.75, 3.05) is 12.2 Å². The molecule has 8 heteroatoms. The van der Waals surface area contributed by atoms with Crippen LogP contribution in [0.4, 0.5) is 28.9 Å². The van der Waals surface area contributed by atoms with Crippen LogP contribution in [0, 0.1) is 12.7 Å². The van der Waals surface area contributed by atoms with E-state index in [1.165, 1.54) is 7.11 Å². The van der Waals surface area contributed by atoms with Gasteiger partial charge in [0.1, 0.15) is 11.5 Å². The highest BCUT2D eigenvalue weighted by Crippen LogP contribution is 2.42. The number of alkyl halides is 4. The fraction of sp³-hybridized carbons (Fsp3) is 0.211. The summed E-state index contributed by atoms with van der Waals surface area (Å²) in [5.41, 5.74) is 0.339. The molecule has 0 saturated heterocycles. The lowest BCUT2D eigenvalue weighted by Gasteiger charge is -2.27. The predicted molar refractivity (Wildman–Crippen MR) is 99.7 cm³/mol. The number of aryl methyl sites for hydroxylation is 1. The number of anilines is 2. The maximum absolute atomic E-state index is 14.7. The Morgan fingerprint density at radius 1 is 1.11 bits per heavy atom. The van der Waals surface area contributed by atoms with Crippen LogP contribution in [0.3, 0.4) is 0 Å². The molecule has 0 fully saturated rings. The van der Waals surface area contributed by atoms with Crippen molar-refractivity contribution in [1.29, 1.82) is 0 Å². The number of pyridine rings is 1. The van der Waals surface area contributed by atoms with Gasteiger partial charge in [-0.15, -0.1) is 0 Å². The summed E-state index contributed by atoms with van der Waals surface area (Å²) in [4.78, 5) is 9.73. The Labute approximate surface area is 161 Å². The third kappa shape index (κ3) is 3.64. The monoisotopic (exact) mass is 442 g/mol. The average molecular weight is 443 g/mol. The van der Waals surface area contributed by atoms with Gasteiger partial charge in [-0.25, -0.2) is 9.45 Å². The molecule has 0 bridgehead atoms. The number of fused-ring (bicyclic) bond motifs is 1. The molecule has 0 N–H and O–H groups in total. The molecule has 3 nitrogen and oxygen atoms in total. The lowest BCUT2D eigenvalue weighted by Crippen LogP contribution is -2.21. The zero-order valence-electron chi connectivity index (χ0n) is 14.4. The first kappa shape index (κ1) is 19.6. The molecular weight excluding hydrogens is 428 g/mol. The SMILES string of the molecule is CON(c1c(F)ccc(C(F)(F)F)c1CBr)c1cccc2nc(C)ccc12. The van der Waals surface area contributed by atoms with Gasteiger partial charge in [-0.3, -0.25) is 9.82 Å². The molecule has 0 aliphatic rings. The molecule has 0 saturated carbocycles. The van der Waals surface area contributed by atoms with Gasteiger partial charge in [-0.1, -0.05) is 22.0 Å². The van der Waals surface area contributed by atoms with Crippen LogP contribution in [0.25, 0.3) is 10.9 Å². The van der Waals surface area contributed by atoms with Crippen molar-refractivity contribution < 1.29 is 22.4 Å². The topological polar surface area (TPSA) is 25.4 Å². The van der Waals surface area contributed by atoms with Crippen molar-refractivity contribution >= 4 is 38.2 Å². The van der Waals surface area contributed by atoms with Gasteiger partial charge in [0.25, 0.3) is 0 Å². The minimum absolute atomic E-state index is 0.197. The summed E-state index contributed by atoms with van der Waals surface area (Å²) in [5.74, 6) is -0.823. The molecule has 0 aliphatic carbocycles. The number of aromatic nitrogens is 1. The molecule has 0 amide bonds. The summed E-state index contributed by atoms with van der Waals surface area (Å²) in [5, 5.41) is 1.50. The van der Waals surface area contributed by atoms with E-state index in [-0.39, 0.29) is 16.6 Å². The van der Waals surface area contributed by atoms with Crippen LogP contribution in [0.5, 0.6) is 0 Å². The Balaban J connectivity index is 2.29. The van der Waals surface area contributed by atoms with Crippen LogP contribution in [-0.4, -0.2) is 12.1 Å². The molecule has 0 aliphatic heterocycles. The largest absolute Gasteiger partial charge is 0.416 e. The minimum atomic E-state index is -4.62. The summed E-state index contributed by atoms with van der Waals surface area (Å²) in [7, 11) is 1.28. The summed E-state index contributed by atoms with van der Waals surface area (Å²) < 4.78 is 54.9. The summed E-state index contributed by atoms with van der Waals surface area (Å²) in [6.07, 6.45) is -4.62. The highest BCUT2D eigenvalue weighted by molar-refractivity contribution is 9.08. The predicted octanol–water partition coefficient (Wildman–Crippen LogP) is 6.30. The minimum Gasteiger partial charge on any atom is -0.272 e. The van der Waals surface area contributed by atoms with Crippen LogP contribution in [-0.2, 0) is 16.3 Å². The molecule has 3 aromatic rings. The van der Waals surface area contributed by atoms with Crippen LogP contribution in [0.1, 0.15) is 16.8 Å². The number of hydrogen-bond acceptors (Lipinski definition) is 3. The highest BCUT2D eigenvalue weighted by atomic mass is 79.9. The zero-order chi connectivity index (χ0) is 19.8. The molecule has 1 heterocycles. The number of nitrogens with zero attached hydrogens (tertiary/aromatic N) is 2. The van der Waals surface area contributed by atoms with Crippen LogP contribution < -0.4 is 5.06 Å². The Morgan fingerprint density at radius 3 is 2.48 bits per heavy atom. The molecule has 0 radical (unpaired) electrons. The second-order valence-corrected chi connectivity index (χ2v) is 6.39. The number of rotatable bonds is 4. The molecule has 1 aromatic heterocycles. The molecule has 0 atom stereocenters. The Hall–Kier alpha value is -2.19. The first-order valence-electron chi connectivity index (χ1n) is 7.93. The van der Waals surface area contributed by atoms with Crippen molar-refractivity contribution in [3.8, 4) is 0 Å². The van der Waals surface area contributed by atoms with Crippen molar-refractivity contribution in [2.24, 2.45) is 0 Å². The molecule has 142 valence electrons. The summed E-state index contributed by atoms with van der Waals surface area (Å²) in [6.45, 7) is 1.83. The Kier molecular flexibility index (Phi) is 5.39. The second kappa shape index (κ2) is 7.44. The number of hydrogen-bond donors (Lipinski definition) is 0. The maximum Gasteiger partial charge on any atom is 0.416 e. The maximum atomic E-state index is 14.7. The van der Waals surface area contributed by atoms with Crippen molar-refractivity contribution in [1.82, 2.24) is 4.98 Å². The highest BCUT2D eigenvalue weighted by Gasteiger charge is 2.36. The molecule has 3 rings (SSSR count). The van der Waals surface area contributed by atoms with Crippen molar-refractivity contribution in [2.45, 2.75) is 18.4 Å². The van der Waals surface area contributed by atoms with Gasteiger partial charge in [0, 0.05) is 22.0 Å². The van der Waals surface area contributed by atoms with Crippen LogP contribution in [0.15, 0.2) is 42.5 Å². The Bertz CT molecular complexity index is 991. The summed E-state index contributed by atoms with van der Waals surface area (Å²) in [6, 6.07) is 10.2. The smallest absolute Gasteiger partial charge is 0.272 e. The molecular formula is C19H15BrF4N2O. The molecule has 0 spiro atoms. The van der Waals surface area contributed by atoms with Crippen molar-refractivity contribution in [3.63, 3.8) is 0 Å². The third-order valence-electron chi connectivity index (χ3n) is 4.13. The van der Waals surface area contributed by atoms with Gasteiger partial charge < -0.3 is 0 Å². The van der Waals surface area contributed by atoms with Gasteiger partial charge in [-0.05, 0) is 43.3 Å². The van der Waals surface area contributed by atoms with E-state index in [1.54, 1.807) is 30.3 Å². The molecule has 0 unspecified atom stereocenters. The van der Waals surface area contributed by atoms with Gasteiger partial charge >= 0.3 is 6.18 Å². The lowest BCUT2D eigenvalue weighted by atomic mass is 10.0. The van der Waals surface area contributed by atoms with Crippen molar-refractivity contribution in [3.05, 3.63) is 65.1 Å². The van der Waals surface area contributed by atoms with E-state index in [2.05, 4.69) is 20.9 Å². The van der Waals surface area contributed by atoms with E-state index in [9.17, 15) is 17.6 Å². The normalized spacial score (nSPS) is 11.8. The first-order valence-corrected chi connectivity index (χ1v) is 9.05. The first-order chi connectivity index (χ1) is 12.8. The standard InChI is InChI=1S/C19H15BrF4N2O/c1-11-6-7-12-16(25-11)4-3-5-17(12)26(27-2)18-13(10-20)14(19(22,23)24)8-9-15(18)21/h3-9H,10H2,1-2H3. The van der Waals surface area contributed by atoms with Crippen LogP contribution in [0.2, 0.25) is 0 Å². The van der Waals surface area contributed by atoms with E-state index in [0.717, 1.165) is 22.9 Å². The Morgan fingerprint density at radius 2 is 1.85 bits per heavy atom. The van der Waals surface area contributed by atoms with E-state index >= 15 is 0 Å². The fourth-order valence-electron chi connectivity index (χ4n) is 2.96. The zero-order valence-corrected chi connectivity index (χ0v) is 16.0. The fourth-order valence-corrected chi connectivity index (χ4v) is 3.52. The van der Waals surface area contributed by atoms with Crippen LogP contribution >= 0.6 is 15.9 Å². The quantitative estimate of drug-likeness (QED) is 0.269. The van der Waals surface area contributed by atoms with E-state index in [0.29, 0.717) is 16.6 Å².